The first-order valence-electron chi connectivity index (χ1n) is 5.82. The highest BCUT2D eigenvalue weighted by Crippen LogP contribution is 2.28. The Morgan fingerprint density at radius 2 is 2.11 bits per heavy atom. The van der Waals surface area contributed by atoms with Gasteiger partial charge >= 0.3 is 0 Å². The Morgan fingerprint density at radius 1 is 1.32 bits per heavy atom. The van der Waals surface area contributed by atoms with E-state index in [0.29, 0.717) is 22.7 Å². The molecule has 1 heterocycles. The van der Waals surface area contributed by atoms with Crippen LogP contribution in [0.4, 0.5) is 17.3 Å². The zero-order valence-corrected chi connectivity index (χ0v) is 12.1. The molecule has 0 aliphatic carbocycles. The summed E-state index contributed by atoms with van der Waals surface area (Å²) in [5.74, 6) is 1.06. The minimum atomic E-state index is 0.409. The van der Waals surface area contributed by atoms with Gasteiger partial charge < -0.3 is 15.8 Å². The van der Waals surface area contributed by atoms with Crippen LogP contribution >= 0.6 is 15.9 Å². The lowest BCUT2D eigenvalue weighted by Crippen LogP contribution is -2.03. The molecule has 0 bridgehead atoms. The molecule has 19 heavy (non-hydrogen) atoms. The van der Waals surface area contributed by atoms with Gasteiger partial charge in [-0.15, -0.1) is 0 Å². The first-order chi connectivity index (χ1) is 9.22. The van der Waals surface area contributed by atoms with Crippen molar-refractivity contribution < 1.29 is 4.74 Å². The fraction of sp³-hybridized carbons (Fsp3) is 0.231. The Hall–Kier alpha value is -1.66. The number of benzene rings is 1. The Bertz CT molecular complexity index is 562. The summed E-state index contributed by atoms with van der Waals surface area (Å²) >= 11 is 3.38. The number of halogens is 1. The number of nitrogen functional groups attached to an aromatic ring is 1. The van der Waals surface area contributed by atoms with Gasteiger partial charge in [-0.1, -0.05) is 18.2 Å². The van der Waals surface area contributed by atoms with Crippen molar-refractivity contribution in [1.82, 2.24) is 9.97 Å². The molecule has 0 amide bonds. The smallest absolute Gasteiger partial charge is 0.150 e. The van der Waals surface area contributed by atoms with E-state index in [1.807, 2.05) is 18.2 Å². The standard InChI is InChI=1S/C13H15BrN4O/c1-19-7-6-9-4-2-3-5-10(9)18-13-11(14)12(15)16-8-17-13/h2-5,8H,6-7H2,1H3,(H3,15,16,17,18). The lowest BCUT2D eigenvalue weighted by Gasteiger charge is -2.12. The van der Waals surface area contributed by atoms with Gasteiger partial charge in [0.15, 0.2) is 0 Å². The highest BCUT2D eigenvalue weighted by Gasteiger charge is 2.08. The SMILES string of the molecule is COCCc1ccccc1Nc1ncnc(N)c1Br. The van der Waals surface area contributed by atoms with Crippen molar-refractivity contribution >= 4 is 33.3 Å². The Balaban J connectivity index is 2.25. The van der Waals surface area contributed by atoms with E-state index < -0.39 is 0 Å². The van der Waals surface area contributed by atoms with E-state index in [1.54, 1.807) is 7.11 Å². The highest BCUT2D eigenvalue weighted by atomic mass is 79.9. The second kappa shape index (κ2) is 6.49. The van der Waals surface area contributed by atoms with Crippen LogP contribution in [0.3, 0.4) is 0 Å². The minimum Gasteiger partial charge on any atom is -0.384 e. The van der Waals surface area contributed by atoms with Crippen molar-refractivity contribution in [3.63, 3.8) is 0 Å². The van der Waals surface area contributed by atoms with Gasteiger partial charge in [0.05, 0.1) is 6.61 Å². The first kappa shape index (κ1) is 13.8. The molecule has 0 saturated heterocycles. The number of nitrogens with one attached hydrogen (secondary N) is 1. The fourth-order valence-corrected chi connectivity index (χ4v) is 1.97. The molecule has 0 atom stereocenters. The lowest BCUT2D eigenvalue weighted by molar-refractivity contribution is 0.202. The topological polar surface area (TPSA) is 73.1 Å². The molecule has 2 rings (SSSR count). The third-order valence-corrected chi connectivity index (χ3v) is 3.44. The number of ether oxygens (including phenoxy) is 1. The number of hydrogen-bond donors (Lipinski definition) is 2. The Morgan fingerprint density at radius 3 is 2.89 bits per heavy atom. The zero-order chi connectivity index (χ0) is 13.7. The summed E-state index contributed by atoms with van der Waals surface area (Å²) in [5.41, 5.74) is 7.88. The molecule has 0 spiro atoms. The molecule has 0 saturated carbocycles. The van der Waals surface area contributed by atoms with Crippen LogP contribution < -0.4 is 11.1 Å². The number of rotatable bonds is 5. The van der Waals surface area contributed by atoms with Crippen LogP contribution in [0, 0.1) is 0 Å². The summed E-state index contributed by atoms with van der Waals surface area (Å²) in [4.78, 5) is 8.09. The highest BCUT2D eigenvalue weighted by molar-refractivity contribution is 9.10. The van der Waals surface area contributed by atoms with Crippen LogP contribution in [-0.2, 0) is 11.2 Å². The number of methoxy groups -OCH3 is 1. The molecule has 6 heteroatoms. The van der Waals surface area contributed by atoms with E-state index >= 15 is 0 Å². The lowest BCUT2D eigenvalue weighted by atomic mass is 10.1. The summed E-state index contributed by atoms with van der Waals surface area (Å²) < 4.78 is 5.77. The zero-order valence-electron chi connectivity index (χ0n) is 10.6. The Kier molecular flexibility index (Phi) is 4.70. The van der Waals surface area contributed by atoms with E-state index in [2.05, 4.69) is 37.3 Å². The van der Waals surface area contributed by atoms with Crippen LogP contribution in [0.5, 0.6) is 0 Å². The van der Waals surface area contributed by atoms with E-state index in [0.717, 1.165) is 17.7 Å². The molecule has 100 valence electrons. The van der Waals surface area contributed by atoms with Crippen LogP contribution in [0.1, 0.15) is 5.56 Å². The van der Waals surface area contributed by atoms with Crippen LogP contribution in [0.25, 0.3) is 0 Å². The molecule has 5 nitrogen and oxygen atoms in total. The molecule has 0 unspecified atom stereocenters. The predicted octanol–water partition coefficient (Wildman–Crippen LogP) is 2.75. The summed E-state index contributed by atoms with van der Waals surface area (Å²) in [7, 11) is 1.69. The van der Waals surface area contributed by atoms with Gasteiger partial charge in [0, 0.05) is 12.8 Å². The predicted molar refractivity (Wildman–Crippen MR) is 79.4 cm³/mol. The van der Waals surface area contributed by atoms with Gasteiger partial charge in [0.2, 0.25) is 0 Å². The molecule has 0 fully saturated rings. The fourth-order valence-electron chi connectivity index (χ4n) is 1.67. The van der Waals surface area contributed by atoms with Crippen molar-refractivity contribution in [2.24, 2.45) is 0 Å². The van der Waals surface area contributed by atoms with E-state index in [4.69, 9.17) is 10.5 Å². The molecular weight excluding hydrogens is 308 g/mol. The van der Waals surface area contributed by atoms with Gasteiger partial charge in [0.25, 0.3) is 0 Å². The van der Waals surface area contributed by atoms with Crippen molar-refractivity contribution in [2.75, 3.05) is 24.8 Å². The molecular formula is C13H15BrN4O. The van der Waals surface area contributed by atoms with E-state index in [9.17, 15) is 0 Å². The Labute approximate surface area is 120 Å². The second-order valence-electron chi connectivity index (χ2n) is 3.95. The average molecular weight is 323 g/mol. The largest absolute Gasteiger partial charge is 0.384 e. The maximum absolute atomic E-state index is 5.73. The minimum absolute atomic E-state index is 0.409. The third-order valence-electron chi connectivity index (χ3n) is 2.66. The van der Waals surface area contributed by atoms with E-state index in [1.165, 1.54) is 6.33 Å². The molecule has 0 aliphatic heterocycles. The number of aromatic nitrogens is 2. The van der Waals surface area contributed by atoms with Crippen molar-refractivity contribution in [2.45, 2.75) is 6.42 Å². The number of hydrogen-bond acceptors (Lipinski definition) is 5. The molecule has 1 aromatic heterocycles. The number of anilines is 3. The average Bonchev–Trinajstić information content (AvgIpc) is 2.43. The van der Waals surface area contributed by atoms with Crippen LogP contribution in [-0.4, -0.2) is 23.7 Å². The molecule has 0 aliphatic rings. The van der Waals surface area contributed by atoms with Crippen LogP contribution in [0.15, 0.2) is 35.1 Å². The quantitative estimate of drug-likeness (QED) is 0.885. The van der Waals surface area contributed by atoms with Gasteiger partial charge in [-0.25, -0.2) is 9.97 Å². The van der Waals surface area contributed by atoms with Gasteiger partial charge in [-0.05, 0) is 34.0 Å². The summed E-state index contributed by atoms with van der Waals surface area (Å²) in [6.45, 7) is 0.672. The molecule has 3 N–H and O–H groups in total. The number of nitrogens with zero attached hydrogens (tertiary/aromatic N) is 2. The van der Waals surface area contributed by atoms with Crippen LogP contribution in [0.2, 0.25) is 0 Å². The first-order valence-corrected chi connectivity index (χ1v) is 6.61. The second-order valence-corrected chi connectivity index (χ2v) is 4.74. The van der Waals surface area contributed by atoms with Crippen molar-refractivity contribution in [3.05, 3.63) is 40.6 Å². The maximum Gasteiger partial charge on any atom is 0.150 e. The maximum atomic E-state index is 5.73. The monoisotopic (exact) mass is 322 g/mol. The number of para-hydroxylation sites is 1. The third kappa shape index (κ3) is 3.42. The van der Waals surface area contributed by atoms with Gasteiger partial charge in [0.1, 0.15) is 22.4 Å². The normalized spacial score (nSPS) is 10.4. The van der Waals surface area contributed by atoms with Gasteiger partial charge in [-0.3, -0.25) is 0 Å². The molecule has 0 radical (unpaired) electrons. The summed E-state index contributed by atoms with van der Waals surface area (Å²) in [6.07, 6.45) is 2.26. The molecule has 1 aromatic carbocycles. The number of nitrogens with two attached hydrogens (primary N) is 1. The van der Waals surface area contributed by atoms with Crippen molar-refractivity contribution in [3.8, 4) is 0 Å². The summed E-state index contributed by atoms with van der Waals surface area (Å²) in [5, 5.41) is 3.26. The van der Waals surface area contributed by atoms with Gasteiger partial charge in [-0.2, -0.15) is 0 Å². The summed E-state index contributed by atoms with van der Waals surface area (Å²) in [6, 6.07) is 8.02. The van der Waals surface area contributed by atoms with E-state index in [-0.39, 0.29) is 0 Å². The molecule has 2 aromatic rings. The van der Waals surface area contributed by atoms with Crippen molar-refractivity contribution in [1.29, 1.82) is 0 Å².